The van der Waals surface area contributed by atoms with E-state index in [9.17, 15) is 5.11 Å². The van der Waals surface area contributed by atoms with Crippen molar-refractivity contribution in [2.75, 3.05) is 6.61 Å². The highest BCUT2D eigenvalue weighted by Gasteiger charge is 2.10. The predicted molar refractivity (Wildman–Crippen MR) is 53.1 cm³/mol. The van der Waals surface area contributed by atoms with Gasteiger partial charge in [-0.1, -0.05) is 13.0 Å². The van der Waals surface area contributed by atoms with Gasteiger partial charge in [0.25, 0.3) is 0 Å². The van der Waals surface area contributed by atoms with Crippen LogP contribution in [-0.2, 0) is 0 Å². The molecule has 2 N–H and O–H groups in total. The summed E-state index contributed by atoms with van der Waals surface area (Å²) < 4.78 is 0. The Balaban J connectivity index is 3.18. The fourth-order valence-corrected chi connectivity index (χ4v) is 1.46. The van der Waals surface area contributed by atoms with Crippen molar-refractivity contribution in [2.45, 2.75) is 26.7 Å². The highest BCUT2D eigenvalue weighted by Crippen LogP contribution is 2.27. The Labute approximate surface area is 78.8 Å². The Bertz CT molecular complexity index is 305. The molecule has 0 saturated heterocycles. The zero-order valence-corrected chi connectivity index (χ0v) is 8.33. The summed E-state index contributed by atoms with van der Waals surface area (Å²) in [5.74, 6) is 0.464. The molecule has 0 aliphatic rings. The van der Waals surface area contributed by atoms with E-state index in [1.165, 1.54) is 0 Å². The number of hydrogen-bond donors (Lipinski definition) is 2. The lowest BCUT2D eigenvalue weighted by Crippen LogP contribution is -2.02. The van der Waals surface area contributed by atoms with Crippen LogP contribution in [0.4, 0.5) is 0 Å². The van der Waals surface area contributed by atoms with Gasteiger partial charge in [-0.25, -0.2) is 0 Å². The Hall–Kier alpha value is -1.02. The number of aliphatic hydroxyl groups excluding tert-OH is 1. The molecule has 1 atom stereocenters. The van der Waals surface area contributed by atoms with Crippen LogP contribution in [0.3, 0.4) is 0 Å². The third-order valence-electron chi connectivity index (χ3n) is 2.61. The molecule has 0 bridgehead atoms. The van der Waals surface area contributed by atoms with Crippen molar-refractivity contribution in [3.8, 4) is 5.75 Å². The van der Waals surface area contributed by atoms with Gasteiger partial charge in [0, 0.05) is 12.5 Å². The average Bonchev–Trinajstić information content (AvgIpc) is 2.13. The second kappa shape index (κ2) is 3.79. The van der Waals surface area contributed by atoms with E-state index in [2.05, 4.69) is 0 Å². The van der Waals surface area contributed by atoms with E-state index < -0.39 is 0 Å². The van der Waals surface area contributed by atoms with Crippen LogP contribution in [0.2, 0.25) is 0 Å². The maximum absolute atomic E-state index is 9.42. The first-order chi connectivity index (χ1) is 6.07. The second-order valence-electron chi connectivity index (χ2n) is 3.51. The van der Waals surface area contributed by atoms with Gasteiger partial charge in [0.05, 0.1) is 0 Å². The number of aromatic hydroxyl groups is 1. The summed E-state index contributed by atoms with van der Waals surface area (Å²) in [6.07, 6.45) is 0. The highest BCUT2D eigenvalue weighted by molar-refractivity contribution is 5.43. The number of rotatable bonds is 2. The summed E-state index contributed by atoms with van der Waals surface area (Å²) in [7, 11) is 0. The zero-order chi connectivity index (χ0) is 10.0. The molecule has 1 rings (SSSR count). The molecule has 0 amide bonds. The number of benzene rings is 1. The Kier molecular flexibility index (Phi) is 2.94. The first kappa shape index (κ1) is 10.1. The molecule has 13 heavy (non-hydrogen) atoms. The van der Waals surface area contributed by atoms with E-state index in [0.717, 1.165) is 16.7 Å². The van der Waals surface area contributed by atoms with E-state index in [1.807, 2.05) is 26.8 Å². The summed E-state index contributed by atoms with van der Waals surface area (Å²) in [5.41, 5.74) is 3.08. The van der Waals surface area contributed by atoms with Crippen LogP contribution in [0, 0.1) is 13.8 Å². The SMILES string of the molecule is Cc1c(O)ccc(C(C)CO)c1C. The molecule has 0 aliphatic carbocycles. The van der Waals surface area contributed by atoms with Gasteiger partial charge >= 0.3 is 0 Å². The van der Waals surface area contributed by atoms with Gasteiger partial charge in [0.2, 0.25) is 0 Å². The lowest BCUT2D eigenvalue weighted by atomic mass is 9.94. The molecule has 0 saturated carbocycles. The van der Waals surface area contributed by atoms with Crippen molar-refractivity contribution in [3.05, 3.63) is 28.8 Å². The standard InChI is InChI=1S/C11H16O2/c1-7(6-12)10-4-5-11(13)9(3)8(10)2/h4-5,7,12-13H,6H2,1-3H3. The van der Waals surface area contributed by atoms with Gasteiger partial charge in [-0.3, -0.25) is 0 Å². The average molecular weight is 180 g/mol. The van der Waals surface area contributed by atoms with Crippen LogP contribution in [0.1, 0.15) is 29.5 Å². The van der Waals surface area contributed by atoms with E-state index in [0.29, 0.717) is 5.75 Å². The quantitative estimate of drug-likeness (QED) is 0.731. The van der Waals surface area contributed by atoms with Crippen LogP contribution in [0.25, 0.3) is 0 Å². The third-order valence-corrected chi connectivity index (χ3v) is 2.61. The number of aliphatic hydroxyl groups is 1. The van der Waals surface area contributed by atoms with Crippen LogP contribution in [0.5, 0.6) is 5.75 Å². The summed E-state index contributed by atoms with van der Waals surface area (Å²) in [4.78, 5) is 0. The van der Waals surface area contributed by atoms with Crippen LogP contribution < -0.4 is 0 Å². The fraction of sp³-hybridized carbons (Fsp3) is 0.455. The summed E-state index contributed by atoms with van der Waals surface area (Å²) in [6.45, 7) is 5.97. The summed E-state index contributed by atoms with van der Waals surface area (Å²) in [6, 6.07) is 3.56. The molecule has 0 fully saturated rings. The molecule has 0 radical (unpaired) electrons. The molecule has 2 nitrogen and oxygen atoms in total. The van der Waals surface area contributed by atoms with Gasteiger partial charge in [-0.2, -0.15) is 0 Å². The normalized spacial score (nSPS) is 12.9. The minimum Gasteiger partial charge on any atom is -0.508 e. The van der Waals surface area contributed by atoms with Gasteiger partial charge in [-0.15, -0.1) is 0 Å². The maximum atomic E-state index is 9.42. The van der Waals surface area contributed by atoms with E-state index in [-0.39, 0.29) is 12.5 Å². The van der Waals surface area contributed by atoms with E-state index in [1.54, 1.807) is 6.07 Å². The first-order valence-corrected chi connectivity index (χ1v) is 4.47. The largest absolute Gasteiger partial charge is 0.508 e. The van der Waals surface area contributed by atoms with Gasteiger partial charge in [-0.05, 0) is 36.6 Å². The second-order valence-corrected chi connectivity index (χ2v) is 3.51. The minimum absolute atomic E-state index is 0.138. The molecular formula is C11H16O2. The maximum Gasteiger partial charge on any atom is 0.118 e. The van der Waals surface area contributed by atoms with Gasteiger partial charge in [0.15, 0.2) is 0 Å². The number of phenols is 1. The minimum atomic E-state index is 0.138. The van der Waals surface area contributed by atoms with Gasteiger partial charge < -0.3 is 10.2 Å². The first-order valence-electron chi connectivity index (χ1n) is 4.47. The van der Waals surface area contributed by atoms with Crippen LogP contribution in [-0.4, -0.2) is 16.8 Å². The number of hydrogen-bond acceptors (Lipinski definition) is 2. The Morgan fingerprint density at radius 2 is 1.85 bits per heavy atom. The summed E-state index contributed by atoms with van der Waals surface area (Å²) in [5, 5.41) is 18.4. The van der Waals surface area contributed by atoms with Crippen molar-refractivity contribution in [1.29, 1.82) is 0 Å². The van der Waals surface area contributed by atoms with Crippen molar-refractivity contribution >= 4 is 0 Å². The molecule has 72 valence electrons. The predicted octanol–water partition coefficient (Wildman–Crippen LogP) is 2.10. The van der Waals surface area contributed by atoms with Crippen LogP contribution >= 0.6 is 0 Å². The molecule has 1 aromatic rings. The number of phenolic OH excluding ortho intramolecular Hbond substituents is 1. The molecule has 1 unspecified atom stereocenters. The Morgan fingerprint density at radius 3 is 2.38 bits per heavy atom. The lowest BCUT2D eigenvalue weighted by molar-refractivity contribution is 0.272. The monoisotopic (exact) mass is 180 g/mol. The van der Waals surface area contributed by atoms with Crippen molar-refractivity contribution in [3.63, 3.8) is 0 Å². The van der Waals surface area contributed by atoms with Crippen molar-refractivity contribution < 1.29 is 10.2 Å². The highest BCUT2D eigenvalue weighted by atomic mass is 16.3. The topological polar surface area (TPSA) is 40.5 Å². The third kappa shape index (κ3) is 1.83. The van der Waals surface area contributed by atoms with Gasteiger partial charge in [0.1, 0.15) is 5.75 Å². The Morgan fingerprint density at radius 1 is 1.23 bits per heavy atom. The van der Waals surface area contributed by atoms with E-state index >= 15 is 0 Å². The van der Waals surface area contributed by atoms with E-state index in [4.69, 9.17) is 5.11 Å². The summed E-state index contributed by atoms with van der Waals surface area (Å²) >= 11 is 0. The molecule has 0 aromatic heterocycles. The molecular weight excluding hydrogens is 164 g/mol. The van der Waals surface area contributed by atoms with Crippen molar-refractivity contribution in [1.82, 2.24) is 0 Å². The molecule has 1 aromatic carbocycles. The molecule has 0 spiro atoms. The molecule has 0 aliphatic heterocycles. The molecule has 0 heterocycles. The van der Waals surface area contributed by atoms with Crippen molar-refractivity contribution in [2.24, 2.45) is 0 Å². The zero-order valence-electron chi connectivity index (χ0n) is 8.33. The fourth-order valence-electron chi connectivity index (χ4n) is 1.46. The van der Waals surface area contributed by atoms with Crippen LogP contribution in [0.15, 0.2) is 12.1 Å². The smallest absolute Gasteiger partial charge is 0.118 e. The lowest BCUT2D eigenvalue weighted by Gasteiger charge is -2.14. The molecule has 2 heteroatoms.